The van der Waals surface area contributed by atoms with E-state index in [0.29, 0.717) is 16.8 Å². The molecule has 2 aromatic heterocycles. The third-order valence-corrected chi connectivity index (χ3v) is 2.86. The Labute approximate surface area is 114 Å². The van der Waals surface area contributed by atoms with Crippen molar-refractivity contribution in [2.45, 2.75) is 20.5 Å². The minimum atomic E-state index is -0.567. The summed E-state index contributed by atoms with van der Waals surface area (Å²) >= 11 is 0. The second kappa shape index (κ2) is 5.52. The molecule has 7 heteroatoms. The molecule has 7 nitrogen and oxygen atoms in total. The van der Waals surface area contributed by atoms with Crippen molar-refractivity contribution < 1.29 is 18.9 Å². The molecule has 0 fully saturated rings. The van der Waals surface area contributed by atoms with Gasteiger partial charge in [0.05, 0.1) is 28.0 Å². The Hall–Kier alpha value is -2.70. The minimum Gasteiger partial charge on any atom is -0.472 e. The fourth-order valence-corrected chi connectivity index (χ4v) is 1.79. The highest BCUT2D eigenvalue weighted by Crippen LogP contribution is 2.24. The van der Waals surface area contributed by atoms with Crippen LogP contribution in [0.4, 0.5) is 5.69 Å². The zero-order valence-electron chi connectivity index (χ0n) is 11.0. The summed E-state index contributed by atoms with van der Waals surface area (Å²) in [6, 6.07) is 1.47. The maximum absolute atomic E-state index is 11.6. The molecular formula is C13H12N2O5. The van der Waals surface area contributed by atoms with E-state index in [1.54, 1.807) is 13.8 Å². The number of carbonyl (C=O) groups is 1. The van der Waals surface area contributed by atoms with Crippen LogP contribution in [0.5, 0.6) is 0 Å². The van der Waals surface area contributed by atoms with E-state index in [1.807, 2.05) is 0 Å². The normalized spacial score (nSPS) is 10.3. The Morgan fingerprint density at radius 1 is 1.50 bits per heavy atom. The smallest absolute Gasteiger partial charge is 0.341 e. The van der Waals surface area contributed by atoms with Crippen molar-refractivity contribution >= 4 is 11.7 Å². The standard InChI is InChI=1S/C13H12N2O5/c1-8-5-14-11(9(2)12(8)15(17)18)7-20-13(16)10-3-4-19-6-10/h3-6H,7H2,1-2H3. The maximum atomic E-state index is 11.6. The largest absolute Gasteiger partial charge is 0.472 e. The van der Waals surface area contributed by atoms with Crippen LogP contribution in [0.2, 0.25) is 0 Å². The van der Waals surface area contributed by atoms with Gasteiger partial charge >= 0.3 is 5.97 Å². The van der Waals surface area contributed by atoms with Gasteiger partial charge in [-0.2, -0.15) is 0 Å². The Bertz CT molecular complexity index is 649. The van der Waals surface area contributed by atoms with Crippen LogP contribution in [0.3, 0.4) is 0 Å². The molecule has 0 spiro atoms. The van der Waals surface area contributed by atoms with E-state index >= 15 is 0 Å². The fourth-order valence-electron chi connectivity index (χ4n) is 1.79. The van der Waals surface area contributed by atoms with Gasteiger partial charge in [0, 0.05) is 11.8 Å². The number of aryl methyl sites for hydroxylation is 1. The van der Waals surface area contributed by atoms with Crippen LogP contribution in [0.25, 0.3) is 0 Å². The van der Waals surface area contributed by atoms with E-state index < -0.39 is 10.9 Å². The summed E-state index contributed by atoms with van der Waals surface area (Å²) in [7, 11) is 0. The van der Waals surface area contributed by atoms with Gasteiger partial charge in [0.15, 0.2) is 0 Å². The van der Waals surface area contributed by atoms with E-state index in [2.05, 4.69) is 4.98 Å². The first-order valence-electron chi connectivity index (χ1n) is 5.79. The monoisotopic (exact) mass is 276 g/mol. The van der Waals surface area contributed by atoms with Gasteiger partial charge in [-0.3, -0.25) is 15.1 Å². The summed E-state index contributed by atoms with van der Waals surface area (Å²) < 4.78 is 9.82. The van der Waals surface area contributed by atoms with Crippen molar-refractivity contribution in [3.05, 3.63) is 57.3 Å². The minimum absolute atomic E-state index is 0.00522. The number of carbonyl (C=O) groups excluding carboxylic acids is 1. The lowest BCUT2D eigenvalue weighted by molar-refractivity contribution is -0.386. The Morgan fingerprint density at radius 2 is 2.25 bits per heavy atom. The van der Waals surface area contributed by atoms with Gasteiger partial charge in [-0.1, -0.05) is 0 Å². The number of nitro groups is 1. The first kappa shape index (κ1) is 13.7. The van der Waals surface area contributed by atoms with E-state index in [0.717, 1.165) is 0 Å². The molecule has 0 atom stereocenters. The molecule has 104 valence electrons. The molecule has 0 bridgehead atoms. The number of ether oxygens (including phenoxy) is 1. The van der Waals surface area contributed by atoms with Crippen molar-refractivity contribution in [3.8, 4) is 0 Å². The van der Waals surface area contributed by atoms with Crippen LogP contribution in [-0.4, -0.2) is 15.9 Å². The van der Waals surface area contributed by atoms with Crippen LogP contribution in [0.1, 0.15) is 27.2 Å². The van der Waals surface area contributed by atoms with Gasteiger partial charge in [-0.05, 0) is 19.9 Å². The number of aromatic nitrogens is 1. The van der Waals surface area contributed by atoms with Crippen LogP contribution >= 0.6 is 0 Å². The molecule has 0 aliphatic carbocycles. The summed E-state index contributed by atoms with van der Waals surface area (Å²) in [4.78, 5) is 26.2. The molecule has 0 saturated carbocycles. The van der Waals surface area contributed by atoms with E-state index in [1.165, 1.54) is 24.8 Å². The average Bonchev–Trinajstić information content (AvgIpc) is 2.91. The SMILES string of the molecule is Cc1cnc(COC(=O)c2ccoc2)c(C)c1[N+](=O)[O-]. The lowest BCUT2D eigenvalue weighted by Crippen LogP contribution is -2.08. The van der Waals surface area contributed by atoms with Gasteiger partial charge in [0.25, 0.3) is 5.69 Å². The third kappa shape index (κ3) is 2.66. The third-order valence-electron chi connectivity index (χ3n) is 2.86. The summed E-state index contributed by atoms with van der Waals surface area (Å²) in [6.07, 6.45) is 4.02. The molecule has 0 aliphatic heterocycles. The highest BCUT2D eigenvalue weighted by Gasteiger charge is 2.19. The summed E-state index contributed by atoms with van der Waals surface area (Å²) in [6.45, 7) is 3.06. The van der Waals surface area contributed by atoms with Gasteiger partial charge in [0.1, 0.15) is 12.9 Å². The van der Waals surface area contributed by atoms with Crippen LogP contribution in [0, 0.1) is 24.0 Å². The maximum Gasteiger partial charge on any atom is 0.341 e. The van der Waals surface area contributed by atoms with Gasteiger partial charge < -0.3 is 9.15 Å². The lowest BCUT2D eigenvalue weighted by atomic mass is 10.1. The predicted molar refractivity (Wildman–Crippen MR) is 68.2 cm³/mol. The Morgan fingerprint density at radius 3 is 2.85 bits per heavy atom. The molecule has 0 radical (unpaired) electrons. The van der Waals surface area contributed by atoms with Gasteiger partial charge in [-0.25, -0.2) is 4.79 Å². The molecule has 0 aromatic carbocycles. The van der Waals surface area contributed by atoms with Crippen LogP contribution < -0.4 is 0 Å². The van der Waals surface area contributed by atoms with E-state index in [-0.39, 0.29) is 17.9 Å². The fraction of sp³-hybridized carbons (Fsp3) is 0.231. The molecule has 0 saturated heterocycles. The molecular weight excluding hydrogens is 264 g/mol. The van der Waals surface area contributed by atoms with Gasteiger partial charge in [0.2, 0.25) is 0 Å². The summed E-state index contributed by atoms with van der Waals surface area (Å²) in [5.74, 6) is -0.567. The lowest BCUT2D eigenvalue weighted by Gasteiger charge is -2.07. The highest BCUT2D eigenvalue weighted by molar-refractivity contribution is 5.88. The average molecular weight is 276 g/mol. The Balaban J connectivity index is 2.16. The summed E-state index contributed by atoms with van der Waals surface area (Å²) in [5.41, 5.74) is 1.50. The molecule has 0 amide bonds. The number of esters is 1. The predicted octanol–water partition coefficient (Wildman–Crippen LogP) is 2.56. The molecule has 2 aromatic rings. The second-order valence-corrected chi connectivity index (χ2v) is 4.21. The van der Waals surface area contributed by atoms with Crippen LogP contribution in [-0.2, 0) is 11.3 Å². The number of nitrogens with zero attached hydrogens (tertiary/aromatic N) is 2. The molecule has 2 heterocycles. The zero-order valence-corrected chi connectivity index (χ0v) is 11.0. The number of pyridine rings is 1. The molecule has 0 N–H and O–H groups in total. The van der Waals surface area contributed by atoms with Crippen molar-refractivity contribution in [2.75, 3.05) is 0 Å². The summed E-state index contributed by atoms with van der Waals surface area (Å²) in [5, 5.41) is 11.0. The van der Waals surface area contributed by atoms with Gasteiger partial charge in [-0.15, -0.1) is 0 Å². The first-order chi connectivity index (χ1) is 9.50. The molecule has 2 rings (SSSR count). The van der Waals surface area contributed by atoms with Crippen molar-refractivity contribution in [1.29, 1.82) is 0 Å². The van der Waals surface area contributed by atoms with Crippen molar-refractivity contribution in [3.63, 3.8) is 0 Å². The Kier molecular flexibility index (Phi) is 3.79. The van der Waals surface area contributed by atoms with E-state index in [4.69, 9.17) is 9.15 Å². The zero-order chi connectivity index (χ0) is 14.7. The topological polar surface area (TPSA) is 95.5 Å². The second-order valence-electron chi connectivity index (χ2n) is 4.21. The van der Waals surface area contributed by atoms with E-state index in [9.17, 15) is 14.9 Å². The van der Waals surface area contributed by atoms with Crippen molar-refractivity contribution in [1.82, 2.24) is 4.98 Å². The first-order valence-corrected chi connectivity index (χ1v) is 5.79. The van der Waals surface area contributed by atoms with Crippen LogP contribution in [0.15, 0.2) is 29.2 Å². The molecule has 20 heavy (non-hydrogen) atoms. The molecule has 0 aliphatic rings. The molecule has 0 unspecified atom stereocenters. The highest BCUT2D eigenvalue weighted by atomic mass is 16.6. The quantitative estimate of drug-likeness (QED) is 0.483. The number of rotatable bonds is 4. The number of furan rings is 1. The number of hydrogen-bond acceptors (Lipinski definition) is 6. The van der Waals surface area contributed by atoms with Crippen molar-refractivity contribution in [2.24, 2.45) is 0 Å². The number of hydrogen-bond donors (Lipinski definition) is 0.